The van der Waals surface area contributed by atoms with Gasteiger partial charge in [-0.15, -0.1) is 12.6 Å². The van der Waals surface area contributed by atoms with E-state index in [1.165, 1.54) is 7.11 Å². The summed E-state index contributed by atoms with van der Waals surface area (Å²) in [5, 5.41) is 2.51. The number of hydrogen-bond acceptors (Lipinski definition) is 5. The predicted molar refractivity (Wildman–Crippen MR) is 109 cm³/mol. The summed E-state index contributed by atoms with van der Waals surface area (Å²) in [7, 11) is 1.47. The van der Waals surface area contributed by atoms with Crippen LogP contribution in [0.2, 0.25) is 0 Å². The smallest absolute Gasteiger partial charge is 0.357 e. The van der Waals surface area contributed by atoms with E-state index in [0.717, 1.165) is 20.4 Å². The summed E-state index contributed by atoms with van der Waals surface area (Å²) < 4.78 is 7.59. The molecule has 0 unspecified atom stereocenters. The Bertz CT molecular complexity index is 1240. The zero-order chi connectivity index (χ0) is 19.7. The molecule has 8 heteroatoms. The average molecular weight is 392 g/mol. The number of ether oxygens (including phenoxy) is 1. The van der Waals surface area contributed by atoms with Crippen molar-refractivity contribution in [2.24, 2.45) is 0 Å². The van der Waals surface area contributed by atoms with Crippen LogP contribution in [0.1, 0.15) is 0 Å². The summed E-state index contributed by atoms with van der Waals surface area (Å²) in [6.45, 7) is 0. The molecule has 0 fully saturated rings. The zero-order valence-electron chi connectivity index (χ0n) is 14.9. The fourth-order valence-electron chi connectivity index (χ4n) is 3.02. The lowest BCUT2D eigenvalue weighted by molar-refractivity contribution is 0.403. The highest BCUT2D eigenvalue weighted by Gasteiger charge is 2.20. The molecule has 0 saturated heterocycles. The fraction of sp³-hybridized carbons (Fsp3) is 0.0500. The summed E-state index contributed by atoms with van der Waals surface area (Å²) in [5.41, 5.74) is 0.896. The Morgan fingerprint density at radius 3 is 2.43 bits per heavy atom. The number of nitrogens with zero attached hydrogens (tertiary/aromatic N) is 3. The standard InChI is InChI=1S/C20H16N4O3S/c1-27-17-15(11-10-14(18(17)28)13-7-3-2-4-8-13)23-19(25)22-24(20(23)26)16-9-5-6-12-21-16/h2-12,28H,1H3,(H,22,25). The van der Waals surface area contributed by atoms with E-state index in [9.17, 15) is 9.59 Å². The molecular weight excluding hydrogens is 376 g/mol. The van der Waals surface area contributed by atoms with Gasteiger partial charge in [0.25, 0.3) is 0 Å². The molecule has 0 aliphatic rings. The van der Waals surface area contributed by atoms with Crippen molar-refractivity contribution in [2.75, 3.05) is 7.11 Å². The molecule has 2 aromatic heterocycles. The Balaban J connectivity index is 1.92. The molecule has 4 aromatic rings. The second-order valence-electron chi connectivity index (χ2n) is 5.94. The minimum Gasteiger partial charge on any atom is -0.493 e. The van der Waals surface area contributed by atoms with Crippen molar-refractivity contribution < 1.29 is 4.74 Å². The number of rotatable bonds is 4. The van der Waals surface area contributed by atoms with Crippen LogP contribution in [0.5, 0.6) is 5.75 Å². The summed E-state index contributed by atoms with van der Waals surface area (Å²) in [6.07, 6.45) is 1.54. The van der Waals surface area contributed by atoms with Crippen molar-refractivity contribution in [3.8, 4) is 28.4 Å². The van der Waals surface area contributed by atoms with Gasteiger partial charge in [0.2, 0.25) is 0 Å². The van der Waals surface area contributed by atoms with Crippen molar-refractivity contribution >= 4 is 12.6 Å². The molecule has 140 valence electrons. The molecule has 0 aliphatic carbocycles. The van der Waals surface area contributed by atoms with Crippen LogP contribution in [0.3, 0.4) is 0 Å². The van der Waals surface area contributed by atoms with Crippen LogP contribution < -0.4 is 16.1 Å². The number of pyridine rings is 1. The van der Waals surface area contributed by atoms with Gasteiger partial charge in [-0.3, -0.25) is 0 Å². The molecule has 0 radical (unpaired) electrons. The van der Waals surface area contributed by atoms with Gasteiger partial charge in [0, 0.05) is 6.20 Å². The highest BCUT2D eigenvalue weighted by Crippen LogP contribution is 2.37. The molecular formula is C20H16N4O3S. The van der Waals surface area contributed by atoms with E-state index in [1.54, 1.807) is 36.5 Å². The summed E-state index contributed by atoms with van der Waals surface area (Å²) >= 11 is 4.60. The molecule has 28 heavy (non-hydrogen) atoms. The number of nitrogens with one attached hydrogen (secondary N) is 1. The SMILES string of the molecule is COc1c(-n2c(=O)[nH]n(-c3ccccn3)c2=O)ccc(-c2ccccc2)c1S. The second-order valence-corrected chi connectivity index (χ2v) is 6.39. The first-order chi connectivity index (χ1) is 13.6. The summed E-state index contributed by atoms with van der Waals surface area (Å²) in [6, 6.07) is 18.2. The van der Waals surface area contributed by atoms with Gasteiger partial charge in [-0.05, 0) is 29.3 Å². The van der Waals surface area contributed by atoms with Crippen LogP contribution in [0.15, 0.2) is 81.3 Å². The third kappa shape index (κ3) is 2.93. The number of aromatic amines is 1. The van der Waals surface area contributed by atoms with Crippen LogP contribution >= 0.6 is 12.6 Å². The Morgan fingerprint density at radius 2 is 1.75 bits per heavy atom. The minimum atomic E-state index is -0.603. The molecule has 0 atom stereocenters. The molecule has 4 rings (SSSR count). The number of hydrogen-bond donors (Lipinski definition) is 2. The molecule has 0 bridgehead atoms. The van der Waals surface area contributed by atoms with Gasteiger partial charge >= 0.3 is 11.4 Å². The normalized spacial score (nSPS) is 10.8. The first kappa shape index (κ1) is 17.9. The Kier molecular flexibility index (Phi) is 4.62. The van der Waals surface area contributed by atoms with E-state index in [4.69, 9.17) is 4.74 Å². The van der Waals surface area contributed by atoms with E-state index >= 15 is 0 Å². The van der Waals surface area contributed by atoms with E-state index in [1.807, 2.05) is 30.3 Å². The van der Waals surface area contributed by atoms with Crippen LogP contribution in [0.4, 0.5) is 0 Å². The first-order valence-corrected chi connectivity index (χ1v) is 8.87. The van der Waals surface area contributed by atoms with Gasteiger partial charge in [0.1, 0.15) is 0 Å². The molecule has 1 N–H and O–H groups in total. The van der Waals surface area contributed by atoms with E-state index in [-0.39, 0.29) is 0 Å². The predicted octanol–water partition coefficient (Wildman–Crippen LogP) is 2.68. The van der Waals surface area contributed by atoms with Gasteiger partial charge in [-0.25, -0.2) is 24.2 Å². The summed E-state index contributed by atoms with van der Waals surface area (Å²) in [4.78, 5) is 30.1. The molecule has 0 saturated carbocycles. The van der Waals surface area contributed by atoms with Crippen molar-refractivity contribution in [1.82, 2.24) is 19.3 Å². The molecule has 2 aromatic carbocycles. The number of benzene rings is 2. The van der Waals surface area contributed by atoms with Crippen LogP contribution in [-0.4, -0.2) is 26.4 Å². The number of aromatic nitrogens is 4. The zero-order valence-corrected chi connectivity index (χ0v) is 15.8. The Labute approximate surface area is 165 Å². The Morgan fingerprint density at radius 1 is 1.00 bits per heavy atom. The maximum absolute atomic E-state index is 12.9. The van der Waals surface area contributed by atoms with Crippen LogP contribution in [-0.2, 0) is 0 Å². The van der Waals surface area contributed by atoms with E-state index in [2.05, 4.69) is 22.7 Å². The lowest BCUT2D eigenvalue weighted by Crippen LogP contribution is -2.27. The first-order valence-electron chi connectivity index (χ1n) is 8.43. The van der Waals surface area contributed by atoms with Crippen LogP contribution in [0.25, 0.3) is 22.6 Å². The molecule has 7 nitrogen and oxygen atoms in total. The van der Waals surface area contributed by atoms with Crippen molar-refractivity contribution in [1.29, 1.82) is 0 Å². The Hall–Kier alpha value is -3.52. The number of H-pyrrole nitrogens is 1. The van der Waals surface area contributed by atoms with Gasteiger partial charge < -0.3 is 4.74 Å². The van der Waals surface area contributed by atoms with Crippen molar-refractivity contribution in [2.45, 2.75) is 4.90 Å². The highest BCUT2D eigenvalue weighted by molar-refractivity contribution is 7.80. The maximum Gasteiger partial charge on any atom is 0.357 e. The number of methoxy groups -OCH3 is 1. The number of thiol groups is 1. The fourth-order valence-corrected chi connectivity index (χ4v) is 3.43. The monoisotopic (exact) mass is 392 g/mol. The third-order valence-corrected chi connectivity index (χ3v) is 4.76. The molecule has 0 aliphatic heterocycles. The van der Waals surface area contributed by atoms with Crippen LogP contribution in [0, 0.1) is 0 Å². The quantitative estimate of drug-likeness (QED) is 0.523. The lowest BCUT2D eigenvalue weighted by atomic mass is 10.0. The topological polar surface area (TPSA) is 81.9 Å². The average Bonchev–Trinajstić information content (AvgIpc) is 3.03. The van der Waals surface area contributed by atoms with Crippen molar-refractivity contribution in [3.63, 3.8) is 0 Å². The van der Waals surface area contributed by atoms with E-state index in [0.29, 0.717) is 22.2 Å². The molecule has 2 heterocycles. The van der Waals surface area contributed by atoms with Gasteiger partial charge in [0.05, 0.1) is 17.7 Å². The molecule has 0 amide bonds. The van der Waals surface area contributed by atoms with E-state index < -0.39 is 11.4 Å². The largest absolute Gasteiger partial charge is 0.493 e. The van der Waals surface area contributed by atoms with Gasteiger partial charge in [0.15, 0.2) is 11.6 Å². The highest BCUT2D eigenvalue weighted by atomic mass is 32.1. The van der Waals surface area contributed by atoms with Crippen molar-refractivity contribution in [3.05, 3.63) is 87.8 Å². The third-order valence-electron chi connectivity index (χ3n) is 4.31. The lowest BCUT2D eigenvalue weighted by Gasteiger charge is -2.14. The minimum absolute atomic E-state index is 0.299. The van der Waals surface area contributed by atoms with Gasteiger partial charge in [-0.2, -0.15) is 4.68 Å². The maximum atomic E-state index is 12.9. The second kappa shape index (κ2) is 7.24. The summed E-state index contributed by atoms with van der Waals surface area (Å²) in [5.74, 6) is 0.644. The van der Waals surface area contributed by atoms with Gasteiger partial charge in [-0.1, -0.05) is 42.5 Å². The molecule has 0 spiro atoms.